The van der Waals surface area contributed by atoms with Gasteiger partial charge < -0.3 is 10.1 Å². The molecular weight excluding hydrogens is 469 g/mol. The van der Waals surface area contributed by atoms with E-state index in [-0.39, 0.29) is 28.8 Å². The Labute approximate surface area is 197 Å². The zero-order valence-electron chi connectivity index (χ0n) is 17.5. The van der Waals surface area contributed by atoms with Crippen LogP contribution in [0.25, 0.3) is 16.7 Å². The van der Waals surface area contributed by atoms with E-state index >= 15 is 0 Å². The van der Waals surface area contributed by atoms with E-state index in [9.17, 15) is 14.0 Å². The number of carbonyl (C=O) groups is 1. The van der Waals surface area contributed by atoms with Crippen LogP contribution >= 0.6 is 23.4 Å². The van der Waals surface area contributed by atoms with Crippen LogP contribution in [0.5, 0.6) is 5.75 Å². The van der Waals surface area contributed by atoms with E-state index in [1.165, 1.54) is 22.9 Å². The number of ether oxygens (including phenoxy) is 1. The van der Waals surface area contributed by atoms with Crippen LogP contribution in [0.3, 0.4) is 0 Å². The van der Waals surface area contributed by atoms with Gasteiger partial charge in [-0.25, -0.2) is 9.37 Å². The molecule has 2 aromatic carbocycles. The lowest BCUT2D eigenvalue weighted by Gasteiger charge is -2.13. The number of rotatable bonds is 8. The van der Waals surface area contributed by atoms with Crippen LogP contribution in [-0.2, 0) is 11.3 Å². The van der Waals surface area contributed by atoms with Crippen molar-refractivity contribution in [1.29, 1.82) is 0 Å². The second kappa shape index (κ2) is 10.1. The van der Waals surface area contributed by atoms with Crippen LogP contribution in [0.1, 0.15) is 12.5 Å². The predicted octanol–water partition coefficient (Wildman–Crippen LogP) is 3.71. The van der Waals surface area contributed by atoms with Gasteiger partial charge in [0.15, 0.2) is 10.8 Å². The Bertz CT molecular complexity index is 1360. The molecular formula is C22H19ClFN5O3S. The number of carbonyl (C=O) groups excluding carboxylic acids is 1. The van der Waals surface area contributed by atoms with Crippen LogP contribution in [0.15, 0.2) is 58.6 Å². The Morgan fingerprint density at radius 1 is 1.27 bits per heavy atom. The number of fused-ring (bicyclic) bond motifs is 1. The van der Waals surface area contributed by atoms with Crippen molar-refractivity contribution in [3.63, 3.8) is 0 Å². The summed E-state index contributed by atoms with van der Waals surface area (Å²) >= 11 is 6.89. The second-order valence-electron chi connectivity index (χ2n) is 6.91. The third-order valence-electron chi connectivity index (χ3n) is 4.66. The average Bonchev–Trinajstić information content (AvgIpc) is 3.28. The fraction of sp³-hybridized carbons (Fsp3) is 0.182. The molecule has 0 atom stereocenters. The van der Waals surface area contributed by atoms with Crippen LogP contribution in [0.4, 0.5) is 4.39 Å². The highest BCUT2D eigenvalue weighted by atomic mass is 35.5. The summed E-state index contributed by atoms with van der Waals surface area (Å²) in [5.41, 5.74) is 1.29. The highest BCUT2D eigenvalue weighted by Crippen LogP contribution is 2.22. The van der Waals surface area contributed by atoms with Crippen molar-refractivity contribution in [2.24, 2.45) is 0 Å². The van der Waals surface area contributed by atoms with Gasteiger partial charge in [-0.3, -0.25) is 19.3 Å². The molecule has 0 saturated heterocycles. The minimum Gasteiger partial charge on any atom is -0.494 e. The minimum absolute atomic E-state index is 0.00689. The van der Waals surface area contributed by atoms with E-state index in [4.69, 9.17) is 16.3 Å². The van der Waals surface area contributed by atoms with Crippen molar-refractivity contribution in [3.8, 4) is 11.4 Å². The molecule has 0 spiro atoms. The van der Waals surface area contributed by atoms with Gasteiger partial charge in [-0.1, -0.05) is 29.4 Å². The van der Waals surface area contributed by atoms with Gasteiger partial charge in [-0.05, 0) is 48.9 Å². The number of benzene rings is 2. The molecule has 170 valence electrons. The standard InChI is InChI=1S/C22H19ClFN5O3S/c1-2-32-15-6-4-14(5-7-15)29-21(31)16-11-26-28-20(16)27-22(29)33-12-19(30)25-10-13-3-8-18(24)17(23)9-13/h3-9,11H,2,10,12H2,1H3,(H,25,30)(H,26,28). The maximum absolute atomic E-state index is 13.3. The summed E-state index contributed by atoms with van der Waals surface area (Å²) in [4.78, 5) is 30.0. The largest absolute Gasteiger partial charge is 0.494 e. The van der Waals surface area contributed by atoms with Crippen molar-refractivity contribution in [1.82, 2.24) is 25.1 Å². The SMILES string of the molecule is CCOc1ccc(-n2c(SCC(=O)NCc3ccc(F)c(Cl)c3)nc3[nH]ncc3c2=O)cc1. The maximum atomic E-state index is 13.3. The zero-order chi connectivity index (χ0) is 23.4. The first kappa shape index (κ1) is 22.8. The molecule has 0 bridgehead atoms. The molecule has 0 unspecified atom stereocenters. The van der Waals surface area contributed by atoms with Gasteiger partial charge in [-0.15, -0.1) is 0 Å². The van der Waals surface area contributed by atoms with Gasteiger partial charge in [0.2, 0.25) is 5.91 Å². The topological polar surface area (TPSA) is 102 Å². The number of halogens is 2. The highest BCUT2D eigenvalue weighted by Gasteiger charge is 2.16. The van der Waals surface area contributed by atoms with Crippen LogP contribution < -0.4 is 15.6 Å². The number of thioether (sulfide) groups is 1. The number of nitrogens with one attached hydrogen (secondary N) is 2. The molecule has 4 rings (SSSR count). The van der Waals surface area contributed by atoms with Crippen LogP contribution in [0.2, 0.25) is 5.02 Å². The van der Waals surface area contributed by atoms with E-state index in [0.29, 0.717) is 39.8 Å². The van der Waals surface area contributed by atoms with Gasteiger partial charge >= 0.3 is 0 Å². The summed E-state index contributed by atoms with van der Waals surface area (Å²) in [5, 5.41) is 10.0. The lowest BCUT2D eigenvalue weighted by molar-refractivity contribution is -0.118. The number of hydrogen-bond donors (Lipinski definition) is 2. The minimum atomic E-state index is -0.519. The van der Waals surface area contributed by atoms with Gasteiger partial charge in [0.25, 0.3) is 5.56 Å². The van der Waals surface area contributed by atoms with Gasteiger partial charge in [0.1, 0.15) is 17.0 Å². The van der Waals surface area contributed by atoms with Crippen molar-refractivity contribution in [2.75, 3.05) is 12.4 Å². The Balaban J connectivity index is 1.54. The smallest absolute Gasteiger partial charge is 0.269 e. The quantitative estimate of drug-likeness (QED) is 0.290. The van der Waals surface area contributed by atoms with Crippen LogP contribution in [0, 0.1) is 5.82 Å². The molecule has 0 aliphatic heterocycles. The fourth-order valence-corrected chi connectivity index (χ4v) is 4.13. The molecule has 11 heteroatoms. The van der Waals surface area contributed by atoms with Crippen molar-refractivity contribution < 1.29 is 13.9 Å². The predicted molar refractivity (Wildman–Crippen MR) is 125 cm³/mol. The van der Waals surface area contributed by atoms with E-state index in [1.54, 1.807) is 30.3 Å². The normalized spacial score (nSPS) is 11.0. The number of aromatic amines is 1. The first-order valence-corrected chi connectivity index (χ1v) is 11.4. The number of amides is 1. The molecule has 8 nitrogen and oxygen atoms in total. The van der Waals surface area contributed by atoms with E-state index in [0.717, 1.165) is 11.8 Å². The summed E-state index contributed by atoms with van der Waals surface area (Å²) in [7, 11) is 0. The zero-order valence-corrected chi connectivity index (χ0v) is 19.0. The Hall–Kier alpha value is -3.37. The van der Waals surface area contributed by atoms with Crippen molar-refractivity contribution >= 4 is 40.3 Å². The number of nitrogens with zero attached hydrogens (tertiary/aromatic N) is 3. The molecule has 4 aromatic rings. The summed E-state index contributed by atoms with van der Waals surface area (Å²) in [6.07, 6.45) is 1.42. The lowest BCUT2D eigenvalue weighted by Crippen LogP contribution is -2.26. The number of aromatic nitrogens is 4. The Morgan fingerprint density at radius 3 is 2.79 bits per heavy atom. The Morgan fingerprint density at radius 2 is 2.06 bits per heavy atom. The third-order valence-corrected chi connectivity index (χ3v) is 5.89. The first-order chi connectivity index (χ1) is 16.0. The lowest BCUT2D eigenvalue weighted by atomic mass is 10.2. The molecule has 0 radical (unpaired) electrons. The molecule has 33 heavy (non-hydrogen) atoms. The monoisotopic (exact) mass is 487 g/mol. The fourth-order valence-electron chi connectivity index (χ4n) is 3.09. The summed E-state index contributed by atoms with van der Waals surface area (Å²) in [6.45, 7) is 2.61. The molecule has 1 amide bonds. The molecule has 0 fully saturated rings. The summed E-state index contributed by atoms with van der Waals surface area (Å²) in [5.74, 6) is -0.105. The van der Waals surface area contributed by atoms with Crippen LogP contribution in [-0.4, -0.2) is 38.0 Å². The first-order valence-electron chi connectivity index (χ1n) is 9.99. The molecule has 0 aliphatic rings. The van der Waals surface area contributed by atoms with E-state index in [1.807, 2.05) is 6.92 Å². The maximum Gasteiger partial charge on any atom is 0.269 e. The Kier molecular flexibility index (Phi) is 6.95. The van der Waals surface area contributed by atoms with Gasteiger partial charge in [-0.2, -0.15) is 5.10 Å². The second-order valence-corrected chi connectivity index (χ2v) is 8.26. The van der Waals surface area contributed by atoms with E-state index < -0.39 is 5.82 Å². The molecule has 0 saturated carbocycles. The molecule has 2 aromatic heterocycles. The van der Waals surface area contributed by atoms with Crippen molar-refractivity contribution in [3.05, 3.63) is 75.4 Å². The van der Waals surface area contributed by atoms with E-state index in [2.05, 4.69) is 20.5 Å². The number of hydrogen-bond acceptors (Lipinski definition) is 6. The summed E-state index contributed by atoms with van der Waals surface area (Å²) < 4.78 is 20.2. The van der Waals surface area contributed by atoms with Gasteiger partial charge in [0, 0.05) is 6.54 Å². The molecule has 0 aliphatic carbocycles. The summed E-state index contributed by atoms with van der Waals surface area (Å²) in [6, 6.07) is 11.3. The highest BCUT2D eigenvalue weighted by molar-refractivity contribution is 7.99. The van der Waals surface area contributed by atoms with Gasteiger partial charge in [0.05, 0.1) is 29.3 Å². The average molecular weight is 488 g/mol. The number of H-pyrrole nitrogens is 1. The molecule has 2 heterocycles. The van der Waals surface area contributed by atoms with Crippen molar-refractivity contribution in [2.45, 2.75) is 18.6 Å². The third kappa shape index (κ3) is 5.18. The molecule has 2 N–H and O–H groups in total.